The van der Waals surface area contributed by atoms with Gasteiger partial charge in [-0.1, -0.05) is 51.1 Å². The van der Waals surface area contributed by atoms with Crippen LogP contribution in [0.25, 0.3) is 11.3 Å². The summed E-state index contributed by atoms with van der Waals surface area (Å²) in [4.78, 5) is 17.2. The number of epoxide rings is 1. The van der Waals surface area contributed by atoms with Crippen LogP contribution in [0, 0.1) is 11.3 Å². The van der Waals surface area contributed by atoms with Gasteiger partial charge >= 0.3 is 0 Å². The van der Waals surface area contributed by atoms with Crippen molar-refractivity contribution in [3.05, 3.63) is 40.7 Å². The Kier molecular flexibility index (Phi) is 4.01. The predicted octanol–water partition coefficient (Wildman–Crippen LogP) is 4.50. The summed E-state index contributed by atoms with van der Waals surface area (Å²) in [6.07, 6.45) is 3.88. The van der Waals surface area contributed by atoms with Gasteiger partial charge in [0.1, 0.15) is 10.6 Å². The second-order valence-corrected chi connectivity index (χ2v) is 9.54. The lowest BCUT2D eigenvalue weighted by molar-refractivity contribution is -0.123. The highest BCUT2D eigenvalue weighted by Gasteiger charge is 2.76. The van der Waals surface area contributed by atoms with Gasteiger partial charge in [-0.05, 0) is 37.0 Å². The molecule has 2 fully saturated rings. The van der Waals surface area contributed by atoms with Crippen LogP contribution in [-0.2, 0) is 15.1 Å². The van der Waals surface area contributed by atoms with E-state index in [-0.39, 0.29) is 5.41 Å². The fourth-order valence-corrected chi connectivity index (χ4v) is 5.52. The Balaban J connectivity index is 1.61. The minimum Gasteiger partial charge on any atom is -0.367 e. The van der Waals surface area contributed by atoms with E-state index in [0.717, 1.165) is 36.9 Å². The van der Waals surface area contributed by atoms with Crippen LogP contribution in [-0.4, -0.2) is 16.5 Å². The summed E-state index contributed by atoms with van der Waals surface area (Å²) >= 11 is 1.48. The topological polar surface area (TPSA) is 68.5 Å². The monoisotopic (exact) mass is 370 g/mol. The first kappa shape index (κ1) is 17.7. The maximum atomic E-state index is 12.4. The van der Waals surface area contributed by atoms with Crippen LogP contribution in [0.4, 0.5) is 0 Å². The molecule has 1 saturated carbocycles. The molecule has 1 spiro atoms. The number of thiazole rings is 1. The molecule has 138 valence electrons. The lowest BCUT2D eigenvalue weighted by atomic mass is 9.67. The van der Waals surface area contributed by atoms with Crippen molar-refractivity contribution in [1.29, 1.82) is 0 Å². The SMILES string of the molecule is CC(C)(C)C1CCC2(CC1)OC2(C(N)=O)c1nc(-c2ccccc2)cs1. The van der Waals surface area contributed by atoms with Gasteiger partial charge in [0.05, 0.1) is 5.69 Å². The minimum absolute atomic E-state index is 0.285. The maximum Gasteiger partial charge on any atom is 0.259 e. The molecular formula is C21H26N2O2S. The quantitative estimate of drug-likeness (QED) is 0.809. The second kappa shape index (κ2) is 5.89. The van der Waals surface area contributed by atoms with Crippen molar-refractivity contribution in [3.63, 3.8) is 0 Å². The molecule has 1 saturated heterocycles. The van der Waals surface area contributed by atoms with E-state index in [1.165, 1.54) is 11.3 Å². The number of nitrogens with two attached hydrogens (primary N) is 1. The molecular weight excluding hydrogens is 344 g/mol. The molecule has 2 heterocycles. The van der Waals surface area contributed by atoms with E-state index < -0.39 is 17.1 Å². The van der Waals surface area contributed by atoms with Crippen LogP contribution in [0.5, 0.6) is 0 Å². The molecule has 1 aliphatic carbocycles. The van der Waals surface area contributed by atoms with E-state index >= 15 is 0 Å². The number of carbonyl (C=O) groups excluding carboxylic acids is 1. The van der Waals surface area contributed by atoms with Gasteiger partial charge in [-0.25, -0.2) is 4.98 Å². The molecule has 26 heavy (non-hydrogen) atoms. The molecule has 5 heteroatoms. The molecule has 0 radical (unpaired) electrons. The molecule has 1 amide bonds. The molecule has 4 nitrogen and oxygen atoms in total. The predicted molar refractivity (Wildman–Crippen MR) is 104 cm³/mol. The van der Waals surface area contributed by atoms with Crippen molar-refractivity contribution >= 4 is 17.2 Å². The summed E-state index contributed by atoms with van der Waals surface area (Å²) in [7, 11) is 0. The van der Waals surface area contributed by atoms with Gasteiger partial charge in [0, 0.05) is 10.9 Å². The first-order valence-corrected chi connectivity index (χ1v) is 10.2. The highest BCUT2D eigenvalue weighted by atomic mass is 32.1. The number of hydrogen-bond donors (Lipinski definition) is 1. The molecule has 2 aromatic rings. The van der Waals surface area contributed by atoms with Crippen molar-refractivity contribution in [2.75, 3.05) is 0 Å². The summed E-state index contributed by atoms with van der Waals surface area (Å²) in [6.45, 7) is 6.87. The van der Waals surface area contributed by atoms with Crippen LogP contribution < -0.4 is 5.73 Å². The number of amides is 1. The number of rotatable bonds is 3. The summed E-state index contributed by atoms with van der Waals surface area (Å²) in [5, 5.41) is 2.70. The van der Waals surface area contributed by atoms with E-state index in [0.29, 0.717) is 10.9 Å². The Labute approximate surface area is 158 Å². The number of carbonyl (C=O) groups is 1. The number of primary amides is 1. The zero-order valence-electron chi connectivity index (χ0n) is 15.6. The normalized spacial score (nSPS) is 31.1. The van der Waals surface area contributed by atoms with Gasteiger partial charge in [0.25, 0.3) is 5.91 Å². The van der Waals surface area contributed by atoms with Crippen LogP contribution in [0.3, 0.4) is 0 Å². The minimum atomic E-state index is -1.03. The molecule has 1 aromatic carbocycles. The van der Waals surface area contributed by atoms with Crippen molar-refractivity contribution in [2.24, 2.45) is 17.1 Å². The molecule has 1 atom stereocenters. The van der Waals surface area contributed by atoms with Crippen molar-refractivity contribution in [2.45, 2.75) is 57.7 Å². The lowest BCUT2D eigenvalue weighted by Crippen LogP contribution is -2.40. The Morgan fingerprint density at radius 1 is 1.23 bits per heavy atom. The van der Waals surface area contributed by atoms with Crippen LogP contribution in [0.15, 0.2) is 35.7 Å². The third-order valence-electron chi connectivity index (χ3n) is 6.19. The van der Waals surface area contributed by atoms with Gasteiger partial charge in [-0.2, -0.15) is 0 Å². The molecule has 0 bridgehead atoms. The molecule has 1 aliphatic heterocycles. The van der Waals surface area contributed by atoms with Crippen LogP contribution >= 0.6 is 11.3 Å². The maximum absolute atomic E-state index is 12.4. The molecule has 1 unspecified atom stereocenters. The van der Waals surface area contributed by atoms with E-state index in [1.807, 2.05) is 35.7 Å². The summed E-state index contributed by atoms with van der Waals surface area (Å²) in [5.74, 6) is 0.250. The van der Waals surface area contributed by atoms with Gasteiger partial charge in [-0.3, -0.25) is 4.79 Å². The molecule has 2 N–H and O–H groups in total. The lowest BCUT2D eigenvalue weighted by Gasteiger charge is -2.36. The molecule has 2 aliphatic rings. The molecule has 4 rings (SSSR count). The fourth-order valence-electron chi connectivity index (χ4n) is 4.47. The van der Waals surface area contributed by atoms with E-state index in [2.05, 4.69) is 20.8 Å². The van der Waals surface area contributed by atoms with Gasteiger partial charge in [0.2, 0.25) is 5.60 Å². The van der Waals surface area contributed by atoms with Crippen LogP contribution in [0.1, 0.15) is 51.5 Å². The van der Waals surface area contributed by atoms with Gasteiger partial charge in [0.15, 0.2) is 0 Å². The molecule has 1 aromatic heterocycles. The second-order valence-electron chi connectivity index (χ2n) is 8.69. The Morgan fingerprint density at radius 3 is 2.46 bits per heavy atom. The Hall–Kier alpha value is -1.72. The smallest absolute Gasteiger partial charge is 0.259 e. The highest BCUT2D eigenvalue weighted by Crippen LogP contribution is 2.64. The zero-order chi connectivity index (χ0) is 18.6. The zero-order valence-corrected chi connectivity index (χ0v) is 16.4. The van der Waals surface area contributed by atoms with Gasteiger partial charge in [-0.15, -0.1) is 11.3 Å². The summed E-state index contributed by atoms with van der Waals surface area (Å²) in [6, 6.07) is 10.00. The third kappa shape index (κ3) is 2.60. The van der Waals surface area contributed by atoms with E-state index in [1.54, 1.807) is 0 Å². The standard InChI is InChI=1S/C21H26N2O2S/c1-19(2,3)15-9-11-20(12-10-15)21(25-20,17(22)24)18-23-16(13-26-18)14-7-5-4-6-8-14/h4-8,13,15H,9-12H2,1-3H3,(H2,22,24). The number of hydrogen-bond acceptors (Lipinski definition) is 4. The average molecular weight is 371 g/mol. The third-order valence-corrected chi connectivity index (χ3v) is 7.13. The first-order chi connectivity index (χ1) is 12.3. The summed E-state index contributed by atoms with van der Waals surface area (Å²) in [5.41, 5.74) is 6.56. The number of aromatic nitrogens is 1. The van der Waals surface area contributed by atoms with Crippen LogP contribution in [0.2, 0.25) is 0 Å². The van der Waals surface area contributed by atoms with Crippen molar-refractivity contribution in [1.82, 2.24) is 4.98 Å². The Morgan fingerprint density at radius 2 is 1.88 bits per heavy atom. The van der Waals surface area contributed by atoms with E-state index in [9.17, 15) is 4.79 Å². The largest absolute Gasteiger partial charge is 0.367 e. The Bertz CT molecular complexity index is 816. The highest BCUT2D eigenvalue weighted by molar-refractivity contribution is 7.10. The number of benzene rings is 1. The summed E-state index contributed by atoms with van der Waals surface area (Å²) < 4.78 is 6.16. The fraction of sp³-hybridized carbons (Fsp3) is 0.524. The first-order valence-electron chi connectivity index (χ1n) is 9.30. The van der Waals surface area contributed by atoms with E-state index in [4.69, 9.17) is 15.5 Å². The van der Waals surface area contributed by atoms with Crippen molar-refractivity contribution in [3.8, 4) is 11.3 Å². The van der Waals surface area contributed by atoms with Crippen molar-refractivity contribution < 1.29 is 9.53 Å². The average Bonchev–Trinajstić information content (AvgIpc) is 3.01. The number of nitrogens with zero attached hydrogens (tertiary/aromatic N) is 1. The van der Waals surface area contributed by atoms with Gasteiger partial charge < -0.3 is 10.5 Å². The number of ether oxygens (including phenoxy) is 1.